The lowest BCUT2D eigenvalue weighted by Gasteiger charge is -2.06. The fraction of sp³-hybridized carbons (Fsp3) is 0.0833. The molecule has 1 aromatic carbocycles. The Morgan fingerprint density at radius 2 is 2.16 bits per heavy atom. The van der Waals surface area contributed by atoms with Crippen molar-refractivity contribution in [2.45, 2.75) is 0 Å². The van der Waals surface area contributed by atoms with E-state index in [0.717, 1.165) is 0 Å². The number of imidazole rings is 1. The number of nitrogens with one attached hydrogen (secondary N) is 1. The zero-order chi connectivity index (χ0) is 14.0. The summed E-state index contributed by atoms with van der Waals surface area (Å²) in [5.41, 5.74) is 0.643. The molecule has 7 heteroatoms. The Morgan fingerprint density at radius 1 is 1.42 bits per heavy atom. The SMILES string of the molecule is Cn1cnc(C(=O)Nc2ccc(C(=O)O)cc2Cl)c1. The molecule has 0 aliphatic rings. The van der Waals surface area contributed by atoms with E-state index >= 15 is 0 Å². The Hall–Kier alpha value is -2.34. The van der Waals surface area contributed by atoms with Crippen molar-refractivity contribution in [3.05, 3.63) is 47.0 Å². The van der Waals surface area contributed by atoms with E-state index in [4.69, 9.17) is 16.7 Å². The molecule has 0 radical (unpaired) electrons. The first-order valence-electron chi connectivity index (χ1n) is 5.29. The molecule has 98 valence electrons. The molecule has 0 aliphatic carbocycles. The van der Waals surface area contributed by atoms with Crippen molar-refractivity contribution in [2.24, 2.45) is 7.05 Å². The number of hydrogen-bond donors (Lipinski definition) is 2. The van der Waals surface area contributed by atoms with Gasteiger partial charge in [0.1, 0.15) is 5.69 Å². The Morgan fingerprint density at radius 3 is 2.68 bits per heavy atom. The normalized spacial score (nSPS) is 10.2. The van der Waals surface area contributed by atoms with E-state index in [1.165, 1.54) is 24.5 Å². The summed E-state index contributed by atoms with van der Waals surface area (Å²) < 4.78 is 1.64. The minimum absolute atomic E-state index is 0.0563. The molecule has 0 spiro atoms. The van der Waals surface area contributed by atoms with Gasteiger partial charge in [-0.05, 0) is 18.2 Å². The molecule has 1 amide bonds. The molecule has 1 aromatic heterocycles. The van der Waals surface area contributed by atoms with Crippen LogP contribution in [0.15, 0.2) is 30.7 Å². The number of anilines is 1. The van der Waals surface area contributed by atoms with Crippen LogP contribution in [0.3, 0.4) is 0 Å². The average Bonchev–Trinajstić information content (AvgIpc) is 2.78. The van der Waals surface area contributed by atoms with E-state index in [1.54, 1.807) is 17.8 Å². The van der Waals surface area contributed by atoms with Gasteiger partial charge in [-0.2, -0.15) is 0 Å². The molecule has 0 atom stereocenters. The van der Waals surface area contributed by atoms with Gasteiger partial charge in [0.05, 0.1) is 22.6 Å². The van der Waals surface area contributed by atoms with Crippen LogP contribution in [0.25, 0.3) is 0 Å². The molecule has 0 bridgehead atoms. The number of amides is 1. The molecular weight excluding hydrogens is 270 g/mol. The van der Waals surface area contributed by atoms with Gasteiger partial charge in [-0.1, -0.05) is 11.6 Å². The molecule has 0 saturated carbocycles. The van der Waals surface area contributed by atoms with Crippen molar-refractivity contribution in [1.82, 2.24) is 9.55 Å². The highest BCUT2D eigenvalue weighted by Gasteiger charge is 2.12. The van der Waals surface area contributed by atoms with Crippen molar-refractivity contribution < 1.29 is 14.7 Å². The summed E-state index contributed by atoms with van der Waals surface area (Å²) in [5.74, 6) is -1.49. The third-order valence-corrected chi connectivity index (χ3v) is 2.71. The second kappa shape index (κ2) is 5.11. The fourth-order valence-corrected chi connectivity index (χ4v) is 1.69. The smallest absolute Gasteiger partial charge is 0.335 e. The van der Waals surface area contributed by atoms with Crippen LogP contribution >= 0.6 is 11.6 Å². The third-order valence-electron chi connectivity index (χ3n) is 2.40. The maximum Gasteiger partial charge on any atom is 0.335 e. The van der Waals surface area contributed by atoms with E-state index < -0.39 is 11.9 Å². The maximum atomic E-state index is 11.8. The number of aromatic carboxylic acids is 1. The molecular formula is C12H10ClN3O3. The predicted octanol–water partition coefficient (Wildman–Crippen LogP) is 2.02. The summed E-state index contributed by atoms with van der Waals surface area (Å²) in [6.07, 6.45) is 3.07. The maximum absolute atomic E-state index is 11.8. The van der Waals surface area contributed by atoms with Gasteiger partial charge in [-0.15, -0.1) is 0 Å². The number of carbonyl (C=O) groups is 2. The van der Waals surface area contributed by atoms with Gasteiger partial charge < -0.3 is 15.0 Å². The number of rotatable bonds is 3. The highest BCUT2D eigenvalue weighted by Crippen LogP contribution is 2.23. The number of aromatic nitrogens is 2. The van der Waals surface area contributed by atoms with Gasteiger partial charge in [0.25, 0.3) is 5.91 Å². The van der Waals surface area contributed by atoms with E-state index in [-0.39, 0.29) is 16.3 Å². The van der Waals surface area contributed by atoms with Gasteiger partial charge in [0.2, 0.25) is 0 Å². The largest absolute Gasteiger partial charge is 0.478 e. The van der Waals surface area contributed by atoms with Crippen LogP contribution in [-0.4, -0.2) is 26.5 Å². The minimum Gasteiger partial charge on any atom is -0.478 e. The number of carbonyl (C=O) groups excluding carboxylic acids is 1. The summed E-state index contributed by atoms with van der Waals surface area (Å²) >= 11 is 5.91. The molecule has 0 unspecified atom stereocenters. The number of nitrogens with zero attached hydrogens (tertiary/aromatic N) is 2. The number of carboxylic acid groups (broad SMARTS) is 1. The van der Waals surface area contributed by atoms with Gasteiger partial charge in [0, 0.05) is 13.2 Å². The lowest BCUT2D eigenvalue weighted by atomic mass is 10.2. The van der Waals surface area contributed by atoms with Gasteiger partial charge >= 0.3 is 5.97 Å². The summed E-state index contributed by atoms with van der Waals surface area (Å²) in [5, 5.41) is 11.5. The number of aryl methyl sites for hydroxylation is 1. The van der Waals surface area contributed by atoms with Crippen LogP contribution in [0.4, 0.5) is 5.69 Å². The van der Waals surface area contributed by atoms with Crippen LogP contribution in [0.1, 0.15) is 20.8 Å². The van der Waals surface area contributed by atoms with Gasteiger partial charge in [-0.3, -0.25) is 4.79 Å². The Bertz CT molecular complexity index is 651. The molecule has 0 aliphatic heterocycles. The first-order chi connectivity index (χ1) is 8.97. The summed E-state index contributed by atoms with van der Waals surface area (Å²) in [7, 11) is 1.75. The van der Waals surface area contributed by atoms with Crippen LogP contribution < -0.4 is 5.32 Å². The quantitative estimate of drug-likeness (QED) is 0.900. The third kappa shape index (κ3) is 2.92. The van der Waals surface area contributed by atoms with Crippen LogP contribution in [0, 0.1) is 0 Å². The molecule has 2 aromatic rings. The minimum atomic E-state index is -1.08. The highest BCUT2D eigenvalue weighted by atomic mass is 35.5. The molecule has 0 fully saturated rings. The van der Waals surface area contributed by atoms with Gasteiger partial charge in [-0.25, -0.2) is 9.78 Å². The standard InChI is InChI=1S/C12H10ClN3O3/c1-16-5-10(14-6-16)11(17)15-9-3-2-7(12(18)19)4-8(9)13/h2-6H,1H3,(H,15,17)(H,18,19). The van der Waals surface area contributed by atoms with E-state index in [0.29, 0.717) is 5.69 Å². The van der Waals surface area contributed by atoms with Crippen molar-refractivity contribution in [1.29, 1.82) is 0 Å². The topological polar surface area (TPSA) is 84.2 Å². The lowest BCUT2D eigenvalue weighted by molar-refractivity contribution is 0.0696. The molecule has 0 saturated heterocycles. The zero-order valence-electron chi connectivity index (χ0n) is 9.92. The second-order valence-electron chi connectivity index (χ2n) is 3.88. The lowest BCUT2D eigenvalue weighted by Crippen LogP contribution is -2.13. The summed E-state index contributed by atoms with van der Waals surface area (Å²) in [4.78, 5) is 26.5. The van der Waals surface area contributed by atoms with Crippen LogP contribution in [-0.2, 0) is 7.05 Å². The zero-order valence-corrected chi connectivity index (χ0v) is 10.7. The van der Waals surface area contributed by atoms with E-state index in [1.807, 2.05) is 0 Å². The number of hydrogen-bond acceptors (Lipinski definition) is 3. The number of benzene rings is 1. The Kier molecular flexibility index (Phi) is 3.52. The number of carboxylic acids is 1. The Balaban J connectivity index is 2.20. The fourth-order valence-electron chi connectivity index (χ4n) is 1.47. The van der Waals surface area contributed by atoms with Crippen molar-refractivity contribution in [2.75, 3.05) is 5.32 Å². The first-order valence-corrected chi connectivity index (χ1v) is 5.67. The van der Waals surface area contributed by atoms with Crippen LogP contribution in [0.5, 0.6) is 0 Å². The highest BCUT2D eigenvalue weighted by molar-refractivity contribution is 6.34. The summed E-state index contributed by atoms with van der Waals surface area (Å²) in [6.45, 7) is 0. The van der Waals surface area contributed by atoms with Gasteiger partial charge in [0.15, 0.2) is 0 Å². The molecule has 6 nitrogen and oxygen atoms in total. The predicted molar refractivity (Wildman–Crippen MR) is 69.6 cm³/mol. The van der Waals surface area contributed by atoms with E-state index in [2.05, 4.69) is 10.3 Å². The Labute approximate surface area is 113 Å². The monoisotopic (exact) mass is 279 g/mol. The van der Waals surface area contributed by atoms with Crippen LogP contribution in [0.2, 0.25) is 5.02 Å². The molecule has 2 rings (SSSR count). The average molecular weight is 280 g/mol. The summed E-state index contributed by atoms with van der Waals surface area (Å²) in [6, 6.07) is 4.08. The first kappa shape index (κ1) is 13.1. The van der Waals surface area contributed by atoms with Crippen molar-refractivity contribution in [3.8, 4) is 0 Å². The van der Waals surface area contributed by atoms with Crippen molar-refractivity contribution in [3.63, 3.8) is 0 Å². The number of halogens is 1. The van der Waals surface area contributed by atoms with E-state index in [9.17, 15) is 9.59 Å². The molecule has 1 heterocycles. The molecule has 2 N–H and O–H groups in total. The molecule has 19 heavy (non-hydrogen) atoms. The van der Waals surface area contributed by atoms with Crippen molar-refractivity contribution >= 4 is 29.2 Å². The second-order valence-corrected chi connectivity index (χ2v) is 4.29.